The number of fused-ring (bicyclic) bond motifs is 1. The van der Waals surface area contributed by atoms with Gasteiger partial charge in [-0.1, -0.05) is 60.7 Å². The minimum atomic E-state index is -4.35. The first-order valence-electron chi connectivity index (χ1n) is 17.6. The van der Waals surface area contributed by atoms with Gasteiger partial charge in [0.15, 0.2) is 5.13 Å². The van der Waals surface area contributed by atoms with Crippen LogP contribution < -0.4 is 15.0 Å². The number of rotatable bonds is 16. The molecule has 0 aliphatic carbocycles. The Kier molecular flexibility index (Phi) is 12.6. The van der Waals surface area contributed by atoms with E-state index in [4.69, 9.17) is 19.2 Å². The Balaban J connectivity index is 0.946. The highest BCUT2D eigenvalue weighted by Crippen LogP contribution is 2.36. The minimum absolute atomic E-state index is 0.00463. The van der Waals surface area contributed by atoms with Gasteiger partial charge in [-0.25, -0.2) is 4.98 Å². The first kappa shape index (κ1) is 38.8. The standard InChI is InChI=1S/C41H43N3O8S2/c1-27-9-4-6-13-34(27)37(54(47,48)49)26-51-20-19-50-21-22-52-33-12-8-11-30(23-33)24-38(45)42-41-43-39(29(3)53-41)32-15-16-36-31(25-32)17-18-44(36)40(46)35-14-7-5-10-28(35)2/h4-16,23,25,37H,17-22,24,26H2,1-3H3,(H,42,43,45)(H,47,48,49). The number of thiazole rings is 1. The molecule has 13 heteroatoms. The molecular weight excluding hydrogens is 727 g/mol. The number of hydrogen-bond acceptors (Lipinski definition) is 9. The zero-order valence-electron chi connectivity index (χ0n) is 30.4. The van der Waals surface area contributed by atoms with E-state index in [0.29, 0.717) is 28.6 Å². The smallest absolute Gasteiger partial charge is 0.274 e. The van der Waals surface area contributed by atoms with Crippen molar-refractivity contribution in [3.05, 3.63) is 129 Å². The number of aryl methyl sites for hydroxylation is 3. The lowest BCUT2D eigenvalue weighted by molar-refractivity contribution is -0.115. The first-order chi connectivity index (χ1) is 26.0. The van der Waals surface area contributed by atoms with Crippen LogP contribution in [-0.4, -0.2) is 69.3 Å². The number of benzene rings is 4. The van der Waals surface area contributed by atoms with Gasteiger partial charge in [-0.15, -0.1) is 11.3 Å². The minimum Gasteiger partial charge on any atom is -0.491 e. The van der Waals surface area contributed by atoms with Crippen LogP contribution in [0.4, 0.5) is 10.8 Å². The molecule has 0 spiro atoms. The third-order valence-corrected chi connectivity index (χ3v) is 11.2. The van der Waals surface area contributed by atoms with Gasteiger partial charge in [-0.05, 0) is 85.3 Å². The first-order valence-corrected chi connectivity index (χ1v) is 20.0. The second-order valence-corrected chi connectivity index (χ2v) is 15.9. The van der Waals surface area contributed by atoms with Gasteiger partial charge in [0.25, 0.3) is 16.0 Å². The summed E-state index contributed by atoms with van der Waals surface area (Å²) in [4.78, 5) is 33.9. The van der Waals surface area contributed by atoms with E-state index in [-0.39, 0.29) is 51.3 Å². The Bertz CT molecular complexity index is 2240. The average Bonchev–Trinajstić information content (AvgIpc) is 3.73. The molecule has 11 nitrogen and oxygen atoms in total. The van der Waals surface area contributed by atoms with Crippen LogP contribution >= 0.6 is 11.3 Å². The Hall–Kier alpha value is -4.92. The lowest BCUT2D eigenvalue weighted by atomic mass is 10.0. The molecule has 1 aliphatic rings. The quantitative estimate of drug-likeness (QED) is 0.0789. The molecule has 2 amide bonds. The monoisotopic (exact) mass is 769 g/mol. The van der Waals surface area contributed by atoms with Crippen LogP contribution in [-0.2, 0) is 37.2 Å². The lowest BCUT2D eigenvalue weighted by Gasteiger charge is -2.18. The van der Waals surface area contributed by atoms with E-state index >= 15 is 0 Å². The zero-order valence-corrected chi connectivity index (χ0v) is 32.0. The van der Waals surface area contributed by atoms with Crippen LogP contribution in [0.3, 0.4) is 0 Å². The van der Waals surface area contributed by atoms with Gasteiger partial charge in [0, 0.05) is 28.2 Å². The number of carbonyl (C=O) groups excluding carboxylic acids is 2. The van der Waals surface area contributed by atoms with Gasteiger partial charge in [0.2, 0.25) is 5.91 Å². The van der Waals surface area contributed by atoms with Gasteiger partial charge in [0.1, 0.15) is 17.6 Å². The molecule has 54 heavy (non-hydrogen) atoms. The molecule has 1 unspecified atom stereocenters. The van der Waals surface area contributed by atoms with E-state index < -0.39 is 15.4 Å². The summed E-state index contributed by atoms with van der Waals surface area (Å²) < 4.78 is 50.5. The molecule has 1 aliphatic heterocycles. The Morgan fingerprint density at radius 1 is 0.889 bits per heavy atom. The lowest BCUT2D eigenvalue weighted by Crippen LogP contribution is -2.29. The maximum absolute atomic E-state index is 13.3. The second kappa shape index (κ2) is 17.5. The maximum Gasteiger partial charge on any atom is 0.274 e. The van der Waals surface area contributed by atoms with Crippen molar-refractivity contribution < 1.29 is 36.8 Å². The van der Waals surface area contributed by atoms with Crippen LogP contribution in [0.25, 0.3) is 11.3 Å². The molecule has 0 saturated carbocycles. The SMILES string of the molecule is Cc1ccccc1C(=O)N1CCc2cc(-c3nc(NC(=O)Cc4cccc(OCCOCCOCC(c5ccccc5C)S(=O)(=O)O)c4)sc3C)ccc21. The largest absolute Gasteiger partial charge is 0.491 e. The molecule has 6 rings (SSSR count). The zero-order chi connectivity index (χ0) is 38.2. The van der Waals surface area contributed by atoms with Crippen molar-refractivity contribution in [1.29, 1.82) is 0 Å². The van der Waals surface area contributed by atoms with Gasteiger partial charge in [0.05, 0.1) is 38.5 Å². The number of anilines is 2. The second-order valence-electron chi connectivity index (χ2n) is 13.1. The van der Waals surface area contributed by atoms with Crippen molar-refractivity contribution in [1.82, 2.24) is 4.98 Å². The Labute approximate surface area is 319 Å². The fourth-order valence-electron chi connectivity index (χ4n) is 6.44. The molecule has 1 aromatic heterocycles. The Morgan fingerprint density at radius 3 is 2.41 bits per heavy atom. The number of ether oxygens (including phenoxy) is 3. The summed E-state index contributed by atoms with van der Waals surface area (Å²) in [6.45, 7) is 7.03. The maximum atomic E-state index is 13.3. The molecular formula is C41H43N3O8S2. The van der Waals surface area contributed by atoms with Crippen LogP contribution in [0.2, 0.25) is 0 Å². The van der Waals surface area contributed by atoms with Gasteiger partial charge < -0.3 is 24.4 Å². The third-order valence-electron chi connectivity index (χ3n) is 9.21. The van der Waals surface area contributed by atoms with Crippen molar-refractivity contribution in [3.8, 4) is 17.0 Å². The summed E-state index contributed by atoms with van der Waals surface area (Å²) in [7, 11) is -4.35. The molecule has 0 saturated heterocycles. The predicted octanol–water partition coefficient (Wildman–Crippen LogP) is 7.16. The molecule has 0 radical (unpaired) electrons. The Morgan fingerprint density at radius 2 is 1.63 bits per heavy atom. The number of nitrogens with one attached hydrogen (secondary N) is 1. The summed E-state index contributed by atoms with van der Waals surface area (Å²) in [5.74, 6) is 0.399. The normalized spacial score (nSPS) is 13.1. The van der Waals surface area contributed by atoms with E-state index in [0.717, 1.165) is 50.5 Å². The molecule has 0 bridgehead atoms. The molecule has 4 aromatic carbocycles. The number of amides is 2. The van der Waals surface area contributed by atoms with Crippen LogP contribution in [0, 0.1) is 20.8 Å². The third kappa shape index (κ3) is 9.59. The highest BCUT2D eigenvalue weighted by atomic mass is 32.2. The number of carbonyl (C=O) groups is 2. The molecule has 2 heterocycles. The fourth-order valence-corrected chi connectivity index (χ4v) is 8.15. The van der Waals surface area contributed by atoms with Crippen molar-refractivity contribution >= 4 is 44.1 Å². The summed E-state index contributed by atoms with van der Waals surface area (Å²) in [6, 6.07) is 27.9. The molecule has 2 N–H and O–H groups in total. The van der Waals surface area contributed by atoms with E-state index in [1.54, 1.807) is 43.3 Å². The van der Waals surface area contributed by atoms with E-state index in [1.165, 1.54) is 11.3 Å². The van der Waals surface area contributed by atoms with Crippen LogP contribution in [0.1, 0.15) is 48.3 Å². The molecule has 0 fully saturated rings. The van der Waals surface area contributed by atoms with E-state index in [1.807, 2.05) is 67.3 Å². The van der Waals surface area contributed by atoms with Gasteiger partial charge in [-0.3, -0.25) is 14.1 Å². The van der Waals surface area contributed by atoms with E-state index in [9.17, 15) is 22.6 Å². The van der Waals surface area contributed by atoms with Crippen molar-refractivity contribution in [2.75, 3.05) is 49.8 Å². The number of hydrogen-bond donors (Lipinski definition) is 2. The molecule has 282 valence electrons. The molecule has 5 aromatic rings. The summed E-state index contributed by atoms with van der Waals surface area (Å²) in [5, 5.41) is 2.28. The van der Waals surface area contributed by atoms with Crippen molar-refractivity contribution in [3.63, 3.8) is 0 Å². The highest BCUT2D eigenvalue weighted by Gasteiger charge is 2.28. The topological polar surface area (TPSA) is 144 Å². The summed E-state index contributed by atoms with van der Waals surface area (Å²) in [5.41, 5.74) is 7.44. The van der Waals surface area contributed by atoms with Gasteiger partial charge >= 0.3 is 0 Å². The van der Waals surface area contributed by atoms with Crippen molar-refractivity contribution in [2.45, 2.75) is 38.9 Å². The average molecular weight is 770 g/mol. The highest BCUT2D eigenvalue weighted by molar-refractivity contribution is 7.86. The van der Waals surface area contributed by atoms with Crippen LogP contribution in [0.15, 0.2) is 91.0 Å². The number of nitrogens with zero attached hydrogens (tertiary/aromatic N) is 2. The van der Waals surface area contributed by atoms with Gasteiger partial charge in [-0.2, -0.15) is 8.42 Å². The summed E-state index contributed by atoms with van der Waals surface area (Å²) >= 11 is 1.42. The number of aromatic nitrogens is 1. The van der Waals surface area contributed by atoms with Crippen LogP contribution in [0.5, 0.6) is 5.75 Å². The van der Waals surface area contributed by atoms with E-state index in [2.05, 4.69) is 11.4 Å². The molecule has 1 atom stereocenters. The predicted molar refractivity (Wildman–Crippen MR) is 210 cm³/mol. The summed E-state index contributed by atoms with van der Waals surface area (Å²) in [6.07, 6.45) is 0.895. The van der Waals surface area contributed by atoms with Crippen molar-refractivity contribution in [2.24, 2.45) is 0 Å². The fraction of sp³-hybridized carbons (Fsp3) is 0.293.